The molecule has 1 aliphatic carbocycles. The molecule has 0 unspecified atom stereocenters. The SMILES string of the molecule is O=C(NC1CCN(c2cnc(-c3ccc(F)cc3)c(-c3ccc(F)cc3)n2)CC1)C1CC1. The normalized spacial score (nSPS) is 16.8. The minimum Gasteiger partial charge on any atom is -0.355 e. The lowest BCUT2D eigenvalue weighted by molar-refractivity contribution is -0.123. The van der Waals surface area contributed by atoms with Gasteiger partial charge in [-0.2, -0.15) is 0 Å². The van der Waals surface area contributed by atoms with Crippen LogP contribution in [0.3, 0.4) is 0 Å². The molecular formula is C25H24F2N4O. The molecule has 32 heavy (non-hydrogen) atoms. The molecule has 3 aromatic rings. The molecule has 0 radical (unpaired) electrons. The van der Waals surface area contributed by atoms with E-state index in [4.69, 9.17) is 4.98 Å². The topological polar surface area (TPSA) is 58.1 Å². The van der Waals surface area contributed by atoms with Gasteiger partial charge in [0.15, 0.2) is 0 Å². The number of halogens is 2. The van der Waals surface area contributed by atoms with Crippen molar-refractivity contribution in [1.82, 2.24) is 15.3 Å². The van der Waals surface area contributed by atoms with Crippen LogP contribution in [0, 0.1) is 17.6 Å². The van der Waals surface area contributed by atoms with Crippen LogP contribution < -0.4 is 10.2 Å². The minimum atomic E-state index is -0.323. The standard InChI is InChI=1S/C25H24F2N4O/c26-19-7-3-16(4-8-19)23-24(17-5-9-20(27)10-6-17)30-22(15-28-23)31-13-11-21(12-14-31)29-25(32)18-1-2-18/h3-10,15,18,21H,1-2,11-14H2,(H,29,32). The molecule has 2 heterocycles. The average Bonchev–Trinajstić information content (AvgIpc) is 3.66. The van der Waals surface area contributed by atoms with E-state index in [1.807, 2.05) is 0 Å². The van der Waals surface area contributed by atoms with Crippen LogP contribution in [0.4, 0.5) is 14.6 Å². The van der Waals surface area contributed by atoms with Crippen LogP contribution in [0.15, 0.2) is 54.7 Å². The molecule has 5 nitrogen and oxygen atoms in total. The van der Waals surface area contributed by atoms with Gasteiger partial charge < -0.3 is 10.2 Å². The number of piperidine rings is 1. The van der Waals surface area contributed by atoms with Gasteiger partial charge in [0.1, 0.15) is 17.5 Å². The summed E-state index contributed by atoms with van der Waals surface area (Å²) >= 11 is 0. The number of anilines is 1. The summed E-state index contributed by atoms with van der Waals surface area (Å²) in [6.45, 7) is 1.53. The lowest BCUT2D eigenvalue weighted by Gasteiger charge is -2.33. The molecule has 0 spiro atoms. The number of aromatic nitrogens is 2. The fourth-order valence-corrected chi connectivity index (χ4v) is 4.08. The smallest absolute Gasteiger partial charge is 0.223 e. The first-order valence-electron chi connectivity index (χ1n) is 11.0. The highest BCUT2D eigenvalue weighted by atomic mass is 19.1. The van der Waals surface area contributed by atoms with Crippen molar-refractivity contribution in [2.24, 2.45) is 5.92 Å². The van der Waals surface area contributed by atoms with Crippen molar-refractivity contribution < 1.29 is 13.6 Å². The monoisotopic (exact) mass is 434 g/mol. The summed E-state index contributed by atoms with van der Waals surface area (Å²) in [5.74, 6) is 0.499. The molecule has 1 saturated heterocycles. The van der Waals surface area contributed by atoms with Crippen molar-refractivity contribution in [2.75, 3.05) is 18.0 Å². The zero-order chi connectivity index (χ0) is 22.1. The van der Waals surface area contributed by atoms with Gasteiger partial charge in [-0.3, -0.25) is 9.78 Å². The quantitative estimate of drug-likeness (QED) is 0.639. The predicted molar refractivity (Wildman–Crippen MR) is 119 cm³/mol. The summed E-state index contributed by atoms with van der Waals surface area (Å²) in [5.41, 5.74) is 2.73. The van der Waals surface area contributed by atoms with E-state index in [9.17, 15) is 13.6 Å². The fraction of sp³-hybridized carbons (Fsp3) is 0.320. The van der Waals surface area contributed by atoms with Crippen molar-refractivity contribution in [2.45, 2.75) is 31.7 Å². The third kappa shape index (κ3) is 4.47. The van der Waals surface area contributed by atoms with Gasteiger partial charge in [-0.1, -0.05) is 0 Å². The van der Waals surface area contributed by atoms with Gasteiger partial charge in [-0.15, -0.1) is 0 Å². The third-order valence-electron chi connectivity index (χ3n) is 6.11. The predicted octanol–water partition coefficient (Wildman–Crippen LogP) is 4.58. The van der Waals surface area contributed by atoms with E-state index in [1.165, 1.54) is 24.3 Å². The molecule has 2 aromatic carbocycles. The number of amides is 1. The molecule has 0 atom stereocenters. The second-order valence-corrected chi connectivity index (χ2v) is 8.48. The summed E-state index contributed by atoms with van der Waals surface area (Å²) in [4.78, 5) is 23.7. The van der Waals surface area contributed by atoms with Crippen molar-refractivity contribution in [3.8, 4) is 22.5 Å². The van der Waals surface area contributed by atoms with Crippen LogP contribution in [0.1, 0.15) is 25.7 Å². The van der Waals surface area contributed by atoms with Crippen molar-refractivity contribution in [3.63, 3.8) is 0 Å². The van der Waals surface area contributed by atoms with E-state index in [0.29, 0.717) is 11.4 Å². The molecule has 2 aliphatic rings. The lowest BCUT2D eigenvalue weighted by atomic mass is 10.0. The number of carbonyl (C=O) groups is 1. The molecule has 1 aromatic heterocycles. The first-order chi connectivity index (χ1) is 15.6. The Kier molecular flexibility index (Phi) is 5.55. The van der Waals surface area contributed by atoms with Gasteiger partial charge in [0.25, 0.3) is 0 Å². The number of nitrogens with one attached hydrogen (secondary N) is 1. The molecule has 0 bridgehead atoms. The Morgan fingerprint density at radius 2 is 1.41 bits per heavy atom. The van der Waals surface area contributed by atoms with Gasteiger partial charge in [-0.05, 0) is 74.2 Å². The summed E-state index contributed by atoms with van der Waals surface area (Å²) in [6.07, 6.45) is 5.45. The second kappa shape index (κ2) is 8.65. The first kappa shape index (κ1) is 20.5. The Morgan fingerprint density at radius 3 is 1.97 bits per heavy atom. The summed E-state index contributed by atoms with van der Waals surface area (Å²) in [7, 11) is 0. The maximum Gasteiger partial charge on any atom is 0.223 e. The van der Waals surface area contributed by atoms with Crippen molar-refractivity contribution >= 4 is 11.7 Å². The van der Waals surface area contributed by atoms with Crippen molar-refractivity contribution in [1.29, 1.82) is 0 Å². The highest BCUT2D eigenvalue weighted by Gasteiger charge is 2.32. The van der Waals surface area contributed by atoms with Gasteiger partial charge in [0.05, 0.1) is 17.6 Å². The number of nitrogens with zero attached hydrogens (tertiary/aromatic N) is 3. The van der Waals surface area contributed by atoms with Crippen LogP contribution in [-0.4, -0.2) is 35.0 Å². The van der Waals surface area contributed by atoms with Gasteiger partial charge in [-0.25, -0.2) is 13.8 Å². The maximum absolute atomic E-state index is 13.5. The van der Waals surface area contributed by atoms with E-state index in [1.54, 1.807) is 30.5 Å². The highest BCUT2D eigenvalue weighted by Crippen LogP contribution is 2.32. The Balaban J connectivity index is 1.40. The Bertz CT molecular complexity index is 1110. The minimum absolute atomic E-state index is 0.186. The highest BCUT2D eigenvalue weighted by molar-refractivity contribution is 5.81. The molecule has 1 N–H and O–H groups in total. The number of carbonyl (C=O) groups excluding carboxylic acids is 1. The molecule has 164 valence electrons. The van der Waals surface area contributed by atoms with Crippen LogP contribution in [-0.2, 0) is 4.79 Å². The zero-order valence-corrected chi connectivity index (χ0v) is 17.6. The van der Waals surface area contributed by atoms with Crippen LogP contribution >= 0.6 is 0 Å². The third-order valence-corrected chi connectivity index (χ3v) is 6.11. The fourth-order valence-electron chi connectivity index (χ4n) is 4.08. The Morgan fingerprint density at radius 1 is 0.844 bits per heavy atom. The molecule has 1 aliphatic heterocycles. The summed E-state index contributed by atoms with van der Waals surface area (Å²) in [6, 6.07) is 12.5. The van der Waals surface area contributed by atoms with Crippen LogP contribution in [0.25, 0.3) is 22.5 Å². The molecule has 5 rings (SSSR count). The van der Waals surface area contributed by atoms with Gasteiger partial charge in [0.2, 0.25) is 5.91 Å². The summed E-state index contributed by atoms with van der Waals surface area (Å²) in [5, 5.41) is 3.16. The van der Waals surface area contributed by atoms with E-state index >= 15 is 0 Å². The average molecular weight is 434 g/mol. The Hall–Kier alpha value is -3.35. The Labute approximate surface area is 185 Å². The van der Waals surface area contributed by atoms with E-state index in [0.717, 1.165) is 55.7 Å². The number of hydrogen-bond acceptors (Lipinski definition) is 4. The molecule has 1 amide bonds. The molecule has 1 saturated carbocycles. The van der Waals surface area contributed by atoms with Gasteiger partial charge >= 0.3 is 0 Å². The second-order valence-electron chi connectivity index (χ2n) is 8.48. The number of hydrogen-bond donors (Lipinski definition) is 1. The number of benzene rings is 2. The van der Waals surface area contributed by atoms with E-state index < -0.39 is 0 Å². The van der Waals surface area contributed by atoms with Crippen molar-refractivity contribution in [3.05, 3.63) is 66.4 Å². The van der Waals surface area contributed by atoms with E-state index in [-0.39, 0.29) is 29.5 Å². The van der Waals surface area contributed by atoms with E-state index in [2.05, 4.69) is 15.2 Å². The van der Waals surface area contributed by atoms with Crippen LogP contribution in [0.5, 0.6) is 0 Å². The zero-order valence-electron chi connectivity index (χ0n) is 17.6. The molecular weight excluding hydrogens is 410 g/mol. The number of rotatable bonds is 5. The molecule has 7 heteroatoms. The first-order valence-corrected chi connectivity index (χ1v) is 11.0. The summed E-state index contributed by atoms with van der Waals surface area (Å²) < 4.78 is 26.9. The molecule has 2 fully saturated rings. The van der Waals surface area contributed by atoms with Gasteiger partial charge in [0, 0.05) is 36.2 Å². The lowest BCUT2D eigenvalue weighted by Crippen LogP contribution is -2.45. The largest absolute Gasteiger partial charge is 0.355 e. The van der Waals surface area contributed by atoms with Crippen LogP contribution in [0.2, 0.25) is 0 Å². The maximum atomic E-state index is 13.5.